The molecule has 0 saturated carbocycles. The van der Waals surface area contributed by atoms with Gasteiger partial charge < -0.3 is 10.3 Å². The number of nitrogens with one attached hydrogen (secondary N) is 1. The molecule has 15 heavy (non-hydrogen) atoms. The van der Waals surface area contributed by atoms with Crippen molar-refractivity contribution in [2.75, 3.05) is 31.8 Å². The molecule has 0 aromatic carbocycles. The van der Waals surface area contributed by atoms with Crippen LogP contribution in [0.5, 0.6) is 0 Å². The molecule has 0 aliphatic heterocycles. The summed E-state index contributed by atoms with van der Waals surface area (Å²) < 4.78 is 0. The topological polar surface area (TPSA) is 54.2 Å². The van der Waals surface area contributed by atoms with Gasteiger partial charge in [0.05, 0.1) is 0 Å². The fourth-order valence-electron chi connectivity index (χ4n) is 1.08. The lowest BCUT2D eigenvalue weighted by molar-refractivity contribution is 0.437. The minimum absolute atomic E-state index is 0.723. The second-order valence-corrected chi connectivity index (χ2v) is 4.65. The average Bonchev–Trinajstić information content (AvgIpc) is 2.24. The molecule has 0 aliphatic carbocycles. The molecular weight excluding hydrogens is 208 g/mol. The van der Waals surface area contributed by atoms with Crippen LogP contribution in [0.2, 0.25) is 0 Å². The molecule has 0 atom stereocenters. The van der Waals surface area contributed by atoms with Gasteiger partial charge in [-0.2, -0.15) is 11.8 Å². The Bertz CT molecular complexity index is 291. The van der Waals surface area contributed by atoms with Crippen LogP contribution in [-0.4, -0.2) is 36.3 Å². The van der Waals surface area contributed by atoms with Crippen molar-refractivity contribution in [3.8, 4) is 0 Å². The number of hydrogen-bond acceptors (Lipinski definition) is 5. The van der Waals surface area contributed by atoms with Gasteiger partial charge in [-0.15, -0.1) is 0 Å². The third-order valence-corrected chi connectivity index (χ3v) is 2.93. The van der Waals surface area contributed by atoms with Crippen LogP contribution in [-0.2, 0) is 5.75 Å². The van der Waals surface area contributed by atoms with Crippen LogP contribution < -0.4 is 11.3 Å². The smallest absolute Gasteiger partial charge is 0.140 e. The maximum atomic E-state index is 5.29. The van der Waals surface area contributed by atoms with Crippen LogP contribution in [0.25, 0.3) is 0 Å². The summed E-state index contributed by atoms with van der Waals surface area (Å²) in [4.78, 5) is 6.25. The maximum Gasteiger partial charge on any atom is 0.140 e. The number of nitrogens with zero attached hydrogens (tertiary/aromatic N) is 2. The van der Waals surface area contributed by atoms with Crippen molar-refractivity contribution in [1.29, 1.82) is 0 Å². The molecule has 5 heteroatoms. The van der Waals surface area contributed by atoms with Crippen LogP contribution in [0, 0.1) is 0 Å². The number of pyridine rings is 1. The molecule has 3 N–H and O–H groups in total. The number of anilines is 1. The maximum absolute atomic E-state index is 5.29. The molecule has 0 bridgehead atoms. The Labute approximate surface area is 95.2 Å². The molecule has 1 aromatic heterocycles. The second-order valence-electron chi connectivity index (χ2n) is 3.55. The highest BCUT2D eigenvalue weighted by Gasteiger charge is 1.97. The first-order chi connectivity index (χ1) is 7.22. The van der Waals surface area contributed by atoms with Gasteiger partial charge in [0.25, 0.3) is 0 Å². The van der Waals surface area contributed by atoms with E-state index in [1.807, 2.05) is 23.9 Å². The van der Waals surface area contributed by atoms with E-state index >= 15 is 0 Å². The van der Waals surface area contributed by atoms with E-state index in [4.69, 9.17) is 5.84 Å². The normalized spacial score (nSPS) is 10.7. The fraction of sp³-hybridized carbons (Fsp3) is 0.500. The van der Waals surface area contributed by atoms with Crippen molar-refractivity contribution in [3.63, 3.8) is 0 Å². The third kappa shape index (κ3) is 5.01. The SMILES string of the molecule is CN(C)CCSCc1ccnc(NN)c1. The van der Waals surface area contributed by atoms with Crippen LogP contribution >= 0.6 is 11.8 Å². The van der Waals surface area contributed by atoms with Gasteiger partial charge in [0, 0.05) is 24.2 Å². The van der Waals surface area contributed by atoms with E-state index in [0.29, 0.717) is 0 Å². The van der Waals surface area contributed by atoms with E-state index in [1.54, 1.807) is 6.20 Å². The van der Waals surface area contributed by atoms with E-state index in [2.05, 4.69) is 29.4 Å². The number of hydrogen-bond donors (Lipinski definition) is 2. The van der Waals surface area contributed by atoms with E-state index in [-0.39, 0.29) is 0 Å². The number of rotatable bonds is 6. The van der Waals surface area contributed by atoms with Crippen LogP contribution in [0.1, 0.15) is 5.56 Å². The Morgan fingerprint density at radius 2 is 2.33 bits per heavy atom. The van der Waals surface area contributed by atoms with Crippen molar-refractivity contribution in [1.82, 2.24) is 9.88 Å². The van der Waals surface area contributed by atoms with Crippen molar-refractivity contribution < 1.29 is 0 Å². The summed E-state index contributed by atoms with van der Waals surface area (Å²) in [5.74, 6) is 8.15. The highest BCUT2D eigenvalue weighted by Crippen LogP contribution is 2.13. The standard InChI is InChI=1S/C10H18N4S/c1-14(2)5-6-15-8-9-3-4-12-10(7-9)13-11/h3-4,7H,5-6,8,11H2,1-2H3,(H,12,13). The summed E-state index contributed by atoms with van der Waals surface area (Å²) in [6, 6.07) is 3.99. The van der Waals surface area contributed by atoms with E-state index in [1.165, 1.54) is 5.56 Å². The van der Waals surface area contributed by atoms with Gasteiger partial charge in [0.1, 0.15) is 5.82 Å². The Kier molecular flexibility index (Phi) is 5.45. The largest absolute Gasteiger partial charge is 0.309 e. The first-order valence-electron chi connectivity index (χ1n) is 4.86. The van der Waals surface area contributed by atoms with Crippen molar-refractivity contribution >= 4 is 17.6 Å². The van der Waals surface area contributed by atoms with E-state index in [0.717, 1.165) is 23.9 Å². The van der Waals surface area contributed by atoms with Crippen molar-refractivity contribution in [2.24, 2.45) is 5.84 Å². The summed E-state index contributed by atoms with van der Waals surface area (Å²) in [6.45, 7) is 1.11. The number of nitrogen functional groups attached to an aromatic ring is 1. The number of nitrogens with two attached hydrogens (primary N) is 1. The Morgan fingerprint density at radius 3 is 3.00 bits per heavy atom. The Morgan fingerprint density at radius 1 is 1.53 bits per heavy atom. The number of thioether (sulfide) groups is 1. The number of hydrazine groups is 1. The molecule has 1 rings (SSSR count). The quantitative estimate of drug-likeness (QED) is 0.433. The lowest BCUT2D eigenvalue weighted by atomic mass is 10.3. The molecule has 1 aromatic rings. The highest BCUT2D eigenvalue weighted by atomic mass is 32.2. The zero-order valence-corrected chi connectivity index (χ0v) is 10.0. The fourth-order valence-corrected chi connectivity index (χ4v) is 2.13. The zero-order chi connectivity index (χ0) is 11.1. The summed E-state index contributed by atoms with van der Waals surface area (Å²) in [6.07, 6.45) is 1.77. The van der Waals surface area contributed by atoms with Crippen molar-refractivity contribution in [2.45, 2.75) is 5.75 Å². The summed E-state index contributed by atoms with van der Waals surface area (Å²) >= 11 is 1.92. The summed E-state index contributed by atoms with van der Waals surface area (Å²) in [5, 5.41) is 0. The molecule has 4 nitrogen and oxygen atoms in total. The van der Waals surface area contributed by atoms with Crippen molar-refractivity contribution in [3.05, 3.63) is 23.9 Å². The molecule has 0 fully saturated rings. The van der Waals surface area contributed by atoms with Gasteiger partial charge in [-0.1, -0.05) is 0 Å². The van der Waals surface area contributed by atoms with Crippen LogP contribution in [0.4, 0.5) is 5.82 Å². The van der Waals surface area contributed by atoms with Crippen LogP contribution in [0.15, 0.2) is 18.3 Å². The minimum Gasteiger partial charge on any atom is -0.309 e. The predicted molar refractivity (Wildman–Crippen MR) is 66.8 cm³/mol. The first kappa shape index (κ1) is 12.3. The number of aromatic nitrogens is 1. The molecule has 0 aliphatic rings. The summed E-state index contributed by atoms with van der Waals surface area (Å²) in [7, 11) is 4.17. The first-order valence-corrected chi connectivity index (χ1v) is 6.02. The molecule has 0 amide bonds. The minimum atomic E-state index is 0.723. The van der Waals surface area contributed by atoms with Gasteiger partial charge in [-0.25, -0.2) is 10.8 Å². The molecule has 0 unspecified atom stereocenters. The Hall–Kier alpha value is -0.780. The predicted octanol–water partition coefficient (Wildman–Crippen LogP) is 1.16. The van der Waals surface area contributed by atoms with Crippen LogP contribution in [0.3, 0.4) is 0 Å². The molecule has 84 valence electrons. The summed E-state index contributed by atoms with van der Waals surface area (Å²) in [5.41, 5.74) is 3.80. The second kappa shape index (κ2) is 6.66. The lowest BCUT2D eigenvalue weighted by Crippen LogP contribution is -2.14. The van der Waals surface area contributed by atoms with E-state index in [9.17, 15) is 0 Å². The molecular formula is C10H18N4S. The molecule has 0 spiro atoms. The average molecular weight is 226 g/mol. The van der Waals surface area contributed by atoms with Gasteiger partial charge in [-0.3, -0.25) is 0 Å². The van der Waals surface area contributed by atoms with E-state index < -0.39 is 0 Å². The monoisotopic (exact) mass is 226 g/mol. The van der Waals surface area contributed by atoms with Gasteiger partial charge in [0.15, 0.2) is 0 Å². The lowest BCUT2D eigenvalue weighted by Gasteiger charge is -2.08. The molecule has 1 heterocycles. The van der Waals surface area contributed by atoms with Gasteiger partial charge in [0.2, 0.25) is 0 Å². The molecule has 0 radical (unpaired) electrons. The molecule has 0 saturated heterocycles. The third-order valence-electron chi connectivity index (χ3n) is 1.92. The van der Waals surface area contributed by atoms with Gasteiger partial charge >= 0.3 is 0 Å². The Balaban J connectivity index is 2.30. The highest BCUT2D eigenvalue weighted by molar-refractivity contribution is 7.98. The van der Waals surface area contributed by atoms with Gasteiger partial charge in [-0.05, 0) is 31.8 Å². The zero-order valence-electron chi connectivity index (χ0n) is 9.23.